The molecule has 1 amide bonds. The van der Waals surface area contributed by atoms with Crippen LogP contribution in [-0.4, -0.2) is 43.6 Å². The minimum atomic E-state index is -0.0682. The van der Waals surface area contributed by atoms with Crippen LogP contribution in [0, 0.1) is 5.92 Å². The monoisotopic (exact) mass is 296 g/mol. The van der Waals surface area contributed by atoms with Crippen LogP contribution in [0.5, 0.6) is 5.75 Å². The summed E-state index contributed by atoms with van der Waals surface area (Å²) in [5, 5.41) is 3.71. The Kier molecular flexibility index (Phi) is 5.26. The van der Waals surface area contributed by atoms with Crippen molar-refractivity contribution in [2.75, 3.05) is 26.7 Å². The molecule has 1 N–H and O–H groups in total. The molecule has 0 saturated carbocycles. The predicted octanol–water partition coefficient (Wildman–Crippen LogP) is 2.18. The van der Waals surface area contributed by atoms with Crippen LogP contribution < -0.4 is 10.1 Å². The highest BCUT2D eigenvalue weighted by atomic mass is 35.5. The maximum atomic E-state index is 11.9. The van der Waals surface area contributed by atoms with E-state index in [1.165, 1.54) is 0 Å². The first-order chi connectivity index (χ1) is 9.54. The third-order valence-corrected chi connectivity index (χ3v) is 3.89. The Labute approximate surface area is 125 Å². The fourth-order valence-corrected chi connectivity index (χ4v) is 2.62. The van der Waals surface area contributed by atoms with E-state index in [1.54, 1.807) is 24.3 Å². The molecule has 110 valence electrons. The van der Waals surface area contributed by atoms with Crippen LogP contribution in [0.3, 0.4) is 0 Å². The van der Waals surface area contributed by atoms with Crippen molar-refractivity contribution < 1.29 is 9.53 Å². The van der Waals surface area contributed by atoms with E-state index >= 15 is 0 Å². The third kappa shape index (κ3) is 4.39. The molecule has 1 aromatic carbocycles. The number of benzene rings is 1. The predicted molar refractivity (Wildman–Crippen MR) is 80.2 cm³/mol. The molecule has 5 heteroatoms. The molecule has 2 rings (SSSR count). The van der Waals surface area contributed by atoms with E-state index in [-0.39, 0.29) is 18.6 Å². The first-order valence-corrected chi connectivity index (χ1v) is 7.28. The quantitative estimate of drug-likeness (QED) is 0.926. The lowest BCUT2D eigenvalue weighted by Gasteiger charge is -2.35. The molecule has 1 fully saturated rings. The number of nitrogens with zero attached hydrogens (tertiary/aromatic N) is 1. The lowest BCUT2D eigenvalue weighted by molar-refractivity contribution is -0.124. The van der Waals surface area contributed by atoms with Crippen LogP contribution in [0.25, 0.3) is 0 Å². The van der Waals surface area contributed by atoms with Gasteiger partial charge >= 0.3 is 0 Å². The summed E-state index contributed by atoms with van der Waals surface area (Å²) in [6, 6.07) is 7.25. The number of likely N-dealkylation sites (tertiary alicyclic amines) is 1. The van der Waals surface area contributed by atoms with E-state index in [0.717, 1.165) is 19.5 Å². The van der Waals surface area contributed by atoms with Crippen LogP contribution in [0.2, 0.25) is 5.02 Å². The summed E-state index contributed by atoms with van der Waals surface area (Å²) in [5.74, 6) is 1.05. The zero-order valence-corrected chi connectivity index (χ0v) is 12.7. The highest BCUT2D eigenvalue weighted by Gasteiger charge is 2.25. The van der Waals surface area contributed by atoms with E-state index < -0.39 is 0 Å². The summed E-state index contributed by atoms with van der Waals surface area (Å²) in [5.41, 5.74) is 0. The van der Waals surface area contributed by atoms with E-state index in [2.05, 4.69) is 24.2 Å². The maximum absolute atomic E-state index is 11.9. The van der Waals surface area contributed by atoms with Crippen molar-refractivity contribution in [1.82, 2.24) is 10.2 Å². The van der Waals surface area contributed by atoms with E-state index in [9.17, 15) is 4.79 Å². The maximum Gasteiger partial charge on any atom is 0.258 e. The van der Waals surface area contributed by atoms with E-state index in [1.807, 2.05) is 0 Å². The minimum Gasteiger partial charge on any atom is -0.484 e. The Bertz CT molecular complexity index is 450. The van der Waals surface area contributed by atoms with Crippen molar-refractivity contribution in [1.29, 1.82) is 0 Å². The SMILES string of the molecule is CC1CN(C)CCC1NC(=O)COc1ccc(Cl)cc1. The normalized spacial score (nSPS) is 23.4. The van der Waals surface area contributed by atoms with Crippen molar-refractivity contribution in [3.63, 3.8) is 0 Å². The zero-order chi connectivity index (χ0) is 14.5. The average Bonchev–Trinajstić information content (AvgIpc) is 2.41. The van der Waals surface area contributed by atoms with Gasteiger partial charge in [-0.1, -0.05) is 18.5 Å². The van der Waals surface area contributed by atoms with Gasteiger partial charge in [-0.25, -0.2) is 0 Å². The number of carbonyl (C=O) groups excluding carboxylic acids is 1. The molecule has 0 aromatic heterocycles. The highest BCUT2D eigenvalue weighted by Crippen LogP contribution is 2.16. The Morgan fingerprint density at radius 2 is 2.15 bits per heavy atom. The molecule has 0 bridgehead atoms. The van der Waals surface area contributed by atoms with Gasteiger partial charge in [-0.15, -0.1) is 0 Å². The number of ether oxygens (including phenoxy) is 1. The first kappa shape index (κ1) is 15.1. The number of rotatable bonds is 4. The molecule has 20 heavy (non-hydrogen) atoms. The van der Waals surface area contributed by atoms with Crippen LogP contribution in [0.4, 0.5) is 0 Å². The Balaban J connectivity index is 1.76. The largest absolute Gasteiger partial charge is 0.484 e. The van der Waals surface area contributed by atoms with Crippen molar-refractivity contribution in [3.8, 4) is 5.75 Å². The lowest BCUT2D eigenvalue weighted by atomic mass is 9.94. The molecule has 0 aliphatic carbocycles. The van der Waals surface area contributed by atoms with Gasteiger partial charge in [0.2, 0.25) is 0 Å². The summed E-state index contributed by atoms with van der Waals surface area (Å²) in [7, 11) is 2.11. The van der Waals surface area contributed by atoms with Gasteiger partial charge in [0.25, 0.3) is 5.91 Å². The highest BCUT2D eigenvalue weighted by molar-refractivity contribution is 6.30. The van der Waals surface area contributed by atoms with Gasteiger partial charge in [-0.2, -0.15) is 0 Å². The number of hydrogen-bond acceptors (Lipinski definition) is 3. The average molecular weight is 297 g/mol. The Morgan fingerprint density at radius 3 is 2.80 bits per heavy atom. The zero-order valence-electron chi connectivity index (χ0n) is 11.9. The Morgan fingerprint density at radius 1 is 1.45 bits per heavy atom. The lowest BCUT2D eigenvalue weighted by Crippen LogP contribution is -2.49. The fourth-order valence-electron chi connectivity index (χ4n) is 2.50. The van der Waals surface area contributed by atoms with Gasteiger partial charge in [0.1, 0.15) is 5.75 Å². The molecule has 2 unspecified atom stereocenters. The molecule has 0 spiro atoms. The summed E-state index contributed by atoms with van der Waals surface area (Å²) in [6.07, 6.45) is 0.990. The van der Waals surface area contributed by atoms with Crippen molar-refractivity contribution >= 4 is 17.5 Å². The van der Waals surface area contributed by atoms with Gasteiger partial charge in [-0.3, -0.25) is 4.79 Å². The molecule has 1 aliphatic rings. The molecule has 1 saturated heterocycles. The molecular formula is C15H21ClN2O2. The summed E-state index contributed by atoms with van der Waals surface area (Å²) >= 11 is 5.79. The van der Waals surface area contributed by atoms with Crippen LogP contribution >= 0.6 is 11.6 Å². The molecule has 1 aliphatic heterocycles. The molecular weight excluding hydrogens is 276 g/mol. The number of piperidine rings is 1. The summed E-state index contributed by atoms with van der Waals surface area (Å²) in [4.78, 5) is 14.2. The smallest absolute Gasteiger partial charge is 0.258 e. The van der Waals surface area contributed by atoms with Crippen molar-refractivity contribution in [3.05, 3.63) is 29.3 Å². The van der Waals surface area contributed by atoms with E-state index in [0.29, 0.717) is 16.7 Å². The minimum absolute atomic E-state index is 0.0424. The summed E-state index contributed by atoms with van der Waals surface area (Å²) in [6.45, 7) is 4.25. The second-order valence-electron chi connectivity index (χ2n) is 5.44. The molecule has 4 nitrogen and oxygen atoms in total. The van der Waals surface area contributed by atoms with Gasteiger partial charge in [-0.05, 0) is 50.2 Å². The fraction of sp³-hybridized carbons (Fsp3) is 0.533. The number of amides is 1. The molecule has 0 radical (unpaired) electrons. The molecule has 1 aromatic rings. The number of hydrogen-bond donors (Lipinski definition) is 1. The van der Waals surface area contributed by atoms with Crippen molar-refractivity contribution in [2.24, 2.45) is 5.92 Å². The van der Waals surface area contributed by atoms with Crippen LogP contribution in [-0.2, 0) is 4.79 Å². The topological polar surface area (TPSA) is 41.6 Å². The number of nitrogens with one attached hydrogen (secondary N) is 1. The number of halogens is 1. The second kappa shape index (κ2) is 6.95. The molecule has 2 atom stereocenters. The number of carbonyl (C=O) groups is 1. The van der Waals surface area contributed by atoms with Crippen LogP contribution in [0.15, 0.2) is 24.3 Å². The van der Waals surface area contributed by atoms with Gasteiger partial charge in [0.15, 0.2) is 6.61 Å². The molecule has 1 heterocycles. The Hall–Kier alpha value is -1.26. The van der Waals surface area contributed by atoms with Gasteiger partial charge < -0.3 is 15.0 Å². The summed E-state index contributed by atoms with van der Waals surface area (Å²) < 4.78 is 5.44. The van der Waals surface area contributed by atoms with Gasteiger partial charge in [0.05, 0.1) is 0 Å². The standard InChI is InChI=1S/C15H21ClN2O2/c1-11-9-18(2)8-7-14(11)17-15(19)10-20-13-5-3-12(16)4-6-13/h3-6,11,14H,7-10H2,1-2H3,(H,17,19). The van der Waals surface area contributed by atoms with Gasteiger partial charge in [0, 0.05) is 17.6 Å². The first-order valence-electron chi connectivity index (χ1n) is 6.91. The third-order valence-electron chi connectivity index (χ3n) is 3.64. The van der Waals surface area contributed by atoms with Crippen molar-refractivity contribution in [2.45, 2.75) is 19.4 Å². The van der Waals surface area contributed by atoms with E-state index in [4.69, 9.17) is 16.3 Å². The van der Waals surface area contributed by atoms with Crippen LogP contribution in [0.1, 0.15) is 13.3 Å². The second-order valence-corrected chi connectivity index (χ2v) is 5.88.